The first kappa shape index (κ1) is 10.1. The summed E-state index contributed by atoms with van der Waals surface area (Å²) in [6, 6.07) is 1.88. The molecule has 0 amide bonds. The van der Waals surface area contributed by atoms with Crippen LogP contribution in [0, 0.1) is 11.3 Å². The average Bonchev–Trinajstić information content (AvgIpc) is 2.02. The van der Waals surface area contributed by atoms with Crippen molar-refractivity contribution in [3.05, 3.63) is 5.82 Å². The van der Waals surface area contributed by atoms with Crippen molar-refractivity contribution in [2.75, 3.05) is 11.5 Å². The number of aromatic nitrogens is 3. The second kappa shape index (κ2) is 3.43. The van der Waals surface area contributed by atoms with Gasteiger partial charge in [-0.15, -0.1) is 0 Å². The zero-order valence-corrected chi connectivity index (χ0v) is 9.37. The van der Waals surface area contributed by atoms with Crippen LogP contribution in [0.3, 0.4) is 0 Å². The maximum absolute atomic E-state index is 8.70. The number of halogens is 2. The van der Waals surface area contributed by atoms with Gasteiger partial charge in [-0.05, 0) is 31.9 Å². The second-order valence-electron chi connectivity index (χ2n) is 2.06. The van der Waals surface area contributed by atoms with Gasteiger partial charge >= 0.3 is 0 Å². The Balaban J connectivity index is 3.25. The fraction of sp³-hybridized carbons (Fsp3) is 0.200. The molecule has 0 aliphatic carbocycles. The van der Waals surface area contributed by atoms with Gasteiger partial charge in [0.15, 0.2) is 5.82 Å². The molecule has 1 aromatic rings. The Morgan fingerprint density at radius 1 is 1.15 bits per heavy atom. The summed E-state index contributed by atoms with van der Waals surface area (Å²) in [4.78, 5) is 11.0. The normalized spacial score (nSPS) is 10.8. The van der Waals surface area contributed by atoms with Gasteiger partial charge in [0.25, 0.3) is 0 Å². The summed E-state index contributed by atoms with van der Waals surface area (Å²) in [7, 11) is 0. The average molecular weight is 308 g/mol. The minimum absolute atomic E-state index is 0.0268. The molecule has 0 fully saturated rings. The molecule has 0 aliphatic rings. The van der Waals surface area contributed by atoms with Crippen LogP contribution in [-0.4, -0.2) is 15.0 Å². The molecule has 68 valence electrons. The fourth-order valence-corrected chi connectivity index (χ4v) is 0.954. The van der Waals surface area contributed by atoms with E-state index in [0.717, 1.165) is 0 Å². The van der Waals surface area contributed by atoms with Gasteiger partial charge in [-0.1, -0.05) is 0 Å². The van der Waals surface area contributed by atoms with Crippen molar-refractivity contribution in [1.29, 1.82) is 5.26 Å². The smallest absolute Gasteiger partial charge is 0.225 e. The van der Waals surface area contributed by atoms with E-state index in [2.05, 4.69) is 46.8 Å². The molecule has 0 unspecified atom stereocenters. The van der Waals surface area contributed by atoms with E-state index in [0.29, 0.717) is 0 Å². The van der Waals surface area contributed by atoms with E-state index in [4.69, 9.17) is 16.7 Å². The Morgan fingerprint density at radius 3 is 2.00 bits per heavy atom. The summed E-state index contributed by atoms with van der Waals surface area (Å²) < 4.78 is -1.18. The third kappa shape index (κ3) is 2.26. The zero-order valence-electron chi connectivity index (χ0n) is 6.20. The highest BCUT2D eigenvalue weighted by molar-refractivity contribution is 9.25. The minimum atomic E-state index is -1.18. The van der Waals surface area contributed by atoms with Crippen LogP contribution < -0.4 is 11.5 Å². The van der Waals surface area contributed by atoms with Crippen LogP contribution in [0.5, 0.6) is 0 Å². The fourth-order valence-electron chi connectivity index (χ4n) is 0.600. The molecule has 1 rings (SSSR count). The maximum Gasteiger partial charge on any atom is 0.225 e. The number of alkyl halides is 2. The standard InChI is InChI=1S/C5H4Br2N6/c6-5(7,1-8)2-11-3(9)13-4(10)12-2/h(H4,9,10,11,12,13). The Hall–Kier alpha value is -0.940. The van der Waals surface area contributed by atoms with Crippen LogP contribution in [0.25, 0.3) is 0 Å². The molecule has 8 heteroatoms. The number of nitrogens with zero attached hydrogens (tertiary/aromatic N) is 4. The van der Waals surface area contributed by atoms with Crippen molar-refractivity contribution >= 4 is 43.8 Å². The molecule has 1 aromatic heterocycles. The predicted octanol–water partition coefficient (Wildman–Crippen LogP) is 0.502. The van der Waals surface area contributed by atoms with E-state index in [9.17, 15) is 0 Å². The van der Waals surface area contributed by atoms with Gasteiger partial charge < -0.3 is 11.5 Å². The highest BCUT2D eigenvalue weighted by Gasteiger charge is 2.29. The number of hydrogen-bond acceptors (Lipinski definition) is 6. The summed E-state index contributed by atoms with van der Waals surface area (Å²) in [6.07, 6.45) is 0. The van der Waals surface area contributed by atoms with E-state index in [1.54, 1.807) is 0 Å². The second-order valence-corrected chi connectivity index (χ2v) is 5.50. The summed E-state index contributed by atoms with van der Waals surface area (Å²) in [5.41, 5.74) is 10.6. The topological polar surface area (TPSA) is 114 Å². The zero-order chi connectivity index (χ0) is 10.1. The van der Waals surface area contributed by atoms with Gasteiger partial charge in [0.1, 0.15) is 6.07 Å². The molecule has 1 heterocycles. The van der Waals surface area contributed by atoms with Crippen LogP contribution in [0.4, 0.5) is 11.9 Å². The first-order valence-electron chi connectivity index (χ1n) is 3.02. The molecule has 0 aromatic carbocycles. The van der Waals surface area contributed by atoms with Crippen LogP contribution in [0.2, 0.25) is 0 Å². The predicted molar refractivity (Wildman–Crippen MR) is 53.8 cm³/mol. The van der Waals surface area contributed by atoms with E-state index in [1.165, 1.54) is 0 Å². The van der Waals surface area contributed by atoms with Gasteiger partial charge in [0, 0.05) is 0 Å². The number of anilines is 2. The number of nitrogen functional groups attached to an aromatic ring is 2. The largest absolute Gasteiger partial charge is 0.368 e. The highest BCUT2D eigenvalue weighted by atomic mass is 79.9. The van der Waals surface area contributed by atoms with Crippen molar-refractivity contribution in [3.8, 4) is 6.07 Å². The Labute approximate surface area is 90.6 Å². The molecule has 0 spiro atoms. The van der Waals surface area contributed by atoms with Crippen LogP contribution in [0.1, 0.15) is 5.82 Å². The monoisotopic (exact) mass is 306 g/mol. The van der Waals surface area contributed by atoms with E-state index in [-0.39, 0.29) is 17.7 Å². The molecule has 0 bridgehead atoms. The van der Waals surface area contributed by atoms with E-state index >= 15 is 0 Å². The number of rotatable bonds is 1. The molecule has 0 aliphatic heterocycles. The Morgan fingerprint density at radius 2 is 1.62 bits per heavy atom. The molecule has 0 saturated carbocycles. The van der Waals surface area contributed by atoms with Gasteiger partial charge in [-0.25, -0.2) is 0 Å². The Kier molecular flexibility index (Phi) is 2.68. The van der Waals surface area contributed by atoms with E-state index in [1.807, 2.05) is 6.07 Å². The first-order chi connectivity index (χ1) is 5.95. The van der Waals surface area contributed by atoms with Crippen molar-refractivity contribution in [1.82, 2.24) is 15.0 Å². The third-order valence-electron chi connectivity index (χ3n) is 1.09. The van der Waals surface area contributed by atoms with Crippen molar-refractivity contribution in [2.24, 2.45) is 0 Å². The molecule has 6 nitrogen and oxygen atoms in total. The first-order valence-corrected chi connectivity index (χ1v) is 4.61. The van der Waals surface area contributed by atoms with Gasteiger partial charge in [-0.3, -0.25) is 0 Å². The van der Waals surface area contributed by atoms with Crippen LogP contribution in [0.15, 0.2) is 0 Å². The molecular weight excluding hydrogens is 304 g/mol. The minimum Gasteiger partial charge on any atom is -0.368 e. The summed E-state index contributed by atoms with van der Waals surface area (Å²) in [6.45, 7) is 0. The van der Waals surface area contributed by atoms with E-state index < -0.39 is 3.23 Å². The quantitative estimate of drug-likeness (QED) is 0.730. The third-order valence-corrected chi connectivity index (χ3v) is 2.16. The summed E-state index contributed by atoms with van der Waals surface area (Å²) >= 11 is 6.10. The molecule has 4 N–H and O–H groups in total. The molecular formula is C5H4Br2N6. The molecule has 0 radical (unpaired) electrons. The maximum atomic E-state index is 8.70. The van der Waals surface area contributed by atoms with Crippen molar-refractivity contribution < 1.29 is 0 Å². The molecule has 0 atom stereocenters. The van der Waals surface area contributed by atoms with Gasteiger partial charge in [0.05, 0.1) is 0 Å². The van der Waals surface area contributed by atoms with Crippen LogP contribution >= 0.6 is 31.9 Å². The van der Waals surface area contributed by atoms with Crippen molar-refractivity contribution in [3.63, 3.8) is 0 Å². The number of nitrogens with two attached hydrogens (primary N) is 2. The lowest BCUT2D eigenvalue weighted by atomic mass is 10.4. The molecule has 0 saturated heterocycles. The van der Waals surface area contributed by atoms with Gasteiger partial charge in [0.2, 0.25) is 15.1 Å². The lowest BCUT2D eigenvalue weighted by Gasteiger charge is -2.09. The SMILES string of the molecule is N#CC(Br)(Br)c1nc(N)nc(N)n1. The summed E-state index contributed by atoms with van der Waals surface area (Å²) in [5, 5.41) is 8.70. The summed E-state index contributed by atoms with van der Waals surface area (Å²) in [5.74, 6) is 0.0713. The van der Waals surface area contributed by atoms with Crippen LogP contribution in [-0.2, 0) is 3.23 Å². The van der Waals surface area contributed by atoms with Crippen molar-refractivity contribution in [2.45, 2.75) is 3.23 Å². The van der Waals surface area contributed by atoms with Gasteiger partial charge in [-0.2, -0.15) is 20.2 Å². The highest BCUT2D eigenvalue weighted by Crippen LogP contribution is 2.35. The lowest BCUT2D eigenvalue weighted by molar-refractivity contribution is 0.932. The number of nitriles is 1. The Bertz CT molecular complexity index is 350. The number of hydrogen-bond donors (Lipinski definition) is 2. The molecule has 13 heavy (non-hydrogen) atoms. The lowest BCUT2D eigenvalue weighted by Crippen LogP contribution is -2.15.